The number of nitrogens with zero attached hydrogens (tertiary/aromatic N) is 3. The van der Waals surface area contributed by atoms with Crippen molar-refractivity contribution in [2.45, 2.75) is 38.6 Å². The molecule has 8 heteroatoms. The number of nitrogens with one attached hydrogen (secondary N) is 2. The number of aromatic nitrogens is 2. The molecular weight excluding hydrogens is 378 g/mol. The molecule has 0 spiro atoms. The molecule has 0 bridgehead atoms. The average molecular weight is 410 g/mol. The minimum Gasteiger partial charge on any atom is -0.464 e. The zero-order valence-corrected chi connectivity index (χ0v) is 18.2. The molecule has 0 radical (unpaired) electrons. The Bertz CT molecular complexity index is 683. The van der Waals surface area contributed by atoms with Crippen LogP contribution >= 0.6 is 24.0 Å². The Labute approximate surface area is 172 Å². The topological polar surface area (TPSA) is 58.3 Å². The number of furan rings is 1. The van der Waals surface area contributed by atoms with E-state index in [1.54, 1.807) is 0 Å². The van der Waals surface area contributed by atoms with Crippen molar-refractivity contribution in [3.05, 3.63) is 41.9 Å². The van der Waals surface area contributed by atoms with Crippen LogP contribution in [0.25, 0.3) is 0 Å². The van der Waals surface area contributed by atoms with Crippen LogP contribution in [0.2, 0.25) is 0 Å². The van der Waals surface area contributed by atoms with Crippen molar-refractivity contribution in [3.8, 4) is 0 Å². The van der Waals surface area contributed by atoms with Gasteiger partial charge in [0.15, 0.2) is 5.11 Å². The van der Waals surface area contributed by atoms with Gasteiger partial charge in [-0.15, -0.1) is 0 Å². The molecule has 0 aliphatic carbocycles. The molecule has 0 aliphatic heterocycles. The number of hydrogen-bond donors (Lipinski definition) is 2. The molecule has 0 amide bonds. The summed E-state index contributed by atoms with van der Waals surface area (Å²) in [7, 11) is 4.08. The summed E-state index contributed by atoms with van der Waals surface area (Å²) >= 11 is 7.17. The van der Waals surface area contributed by atoms with E-state index in [1.807, 2.05) is 38.3 Å². The van der Waals surface area contributed by atoms with Crippen molar-refractivity contribution in [1.29, 1.82) is 0 Å². The standard InChI is InChI=1S/C19H31N5OS2/c1-4-18-20-9-12-24(18)11-5-8-21-19(26)22-10-13-27-15-17-7-6-16(25-17)14-23(2)3/h6-7,9,12H,4-5,8,10-11,13-15H2,1-3H3,(H2,21,22,26). The lowest BCUT2D eigenvalue weighted by atomic mass is 10.4. The van der Waals surface area contributed by atoms with Crippen LogP contribution in [0.1, 0.15) is 30.7 Å². The summed E-state index contributed by atoms with van der Waals surface area (Å²) in [6.07, 6.45) is 5.89. The highest BCUT2D eigenvalue weighted by molar-refractivity contribution is 7.98. The van der Waals surface area contributed by atoms with Crippen LogP contribution in [0.4, 0.5) is 0 Å². The fourth-order valence-corrected chi connectivity index (χ4v) is 3.63. The summed E-state index contributed by atoms with van der Waals surface area (Å²) in [5, 5.41) is 7.25. The predicted octanol–water partition coefficient (Wildman–Crippen LogP) is 2.89. The quantitative estimate of drug-likeness (QED) is 0.413. The lowest BCUT2D eigenvalue weighted by Crippen LogP contribution is -2.37. The maximum atomic E-state index is 5.81. The van der Waals surface area contributed by atoms with Crippen LogP contribution in [-0.4, -0.2) is 52.5 Å². The lowest BCUT2D eigenvalue weighted by Gasteiger charge is -2.11. The highest BCUT2D eigenvalue weighted by atomic mass is 32.2. The maximum absolute atomic E-state index is 5.81. The predicted molar refractivity (Wildman–Crippen MR) is 117 cm³/mol. The number of hydrogen-bond acceptors (Lipinski definition) is 5. The van der Waals surface area contributed by atoms with Gasteiger partial charge in [-0.2, -0.15) is 11.8 Å². The van der Waals surface area contributed by atoms with Gasteiger partial charge in [0.2, 0.25) is 0 Å². The summed E-state index contributed by atoms with van der Waals surface area (Å²) in [6, 6.07) is 4.12. The van der Waals surface area contributed by atoms with Crippen LogP contribution in [0.3, 0.4) is 0 Å². The van der Waals surface area contributed by atoms with E-state index in [9.17, 15) is 0 Å². The van der Waals surface area contributed by atoms with Crippen LogP contribution in [0.5, 0.6) is 0 Å². The largest absolute Gasteiger partial charge is 0.464 e. The van der Waals surface area contributed by atoms with Gasteiger partial charge in [-0.05, 0) is 44.9 Å². The first-order valence-corrected chi connectivity index (χ1v) is 11.0. The molecule has 2 rings (SSSR count). The Hall–Kier alpha value is -1.51. The van der Waals surface area contributed by atoms with Crippen molar-refractivity contribution in [2.75, 3.05) is 32.9 Å². The first kappa shape index (κ1) is 21.8. The lowest BCUT2D eigenvalue weighted by molar-refractivity contribution is 0.344. The fraction of sp³-hybridized carbons (Fsp3) is 0.579. The summed E-state index contributed by atoms with van der Waals surface area (Å²) in [5.41, 5.74) is 0. The molecule has 0 unspecified atom stereocenters. The van der Waals surface area contributed by atoms with E-state index in [0.717, 1.165) is 73.0 Å². The first-order chi connectivity index (χ1) is 13.1. The van der Waals surface area contributed by atoms with Crippen LogP contribution < -0.4 is 10.6 Å². The molecule has 2 heterocycles. The van der Waals surface area contributed by atoms with Crippen molar-refractivity contribution in [3.63, 3.8) is 0 Å². The fourth-order valence-electron chi connectivity index (χ4n) is 2.68. The number of aryl methyl sites for hydroxylation is 2. The third-order valence-electron chi connectivity index (χ3n) is 3.94. The van der Waals surface area contributed by atoms with Gasteiger partial charge in [0.05, 0.1) is 12.3 Å². The van der Waals surface area contributed by atoms with Gasteiger partial charge < -0.3 is 24.5 Å². The molecule has 150 valence electrons. The molecule has 6 nitrogen and oxygen atoms in total. The van der Waals surface area contributed by atoms with E-state index in [4.69, 9.17) is 16.6 Å². The molecule has 2 aromatic rings. The van der Waals surface area contributed by atoms with Crippen molar-refractivity contribution >= 4 is 29.1 Å². The Balaban J connectivity index is 1.49. The van der Waals surface area contributed by atoms with Crippen LogP contribution in [-0.2, 0) is 25.3 Å². The van der Waals surface area contributed by atoms with E-state index in [-0.39, 0.29) is 0 Å². The highest BCUT2D eigenvalue weighted by Crippen LogP contribution is 2.15. The minimum absolute atomic E-state index is 0.725. The number of imidazole rings is 1. The Morgan fingerprint density at radius 1 is 1.26 bits per heavy atom. The van der Waals surface area contributed by atoms with E-state index < -0.39 is 0 Å². The minimum atomic E-state index is 0.725. The normalized spacial score (nSPS) is 11.1. The molecule has 27 heavy (non-hydrogen) atoms. The second-order valence-electron chi connectivity index (χ2n) is 6.59. The molecule has 2 N–H and O–H groups in total. The molecule has 2 aromatic heterocycles. The third kappa shape index (κ3) is 8.36. The van der Waals surface area contributed by atoms with E-state index in [0.29, 0.717) is 0 Å². The summed E-state index contributed by atoms with van der Waals surface area (Å²) in [4.78, 5) is 6.44. The van der Waals surface area contributed by atoms with Gasteiger partial charge in [0.1, 0.15) is 17.3 Å². The molecule has 0 saturated heterocycles. The molecule has 0 aromatic carbocycles. The Morgan fingerprint density at radius 3 is 2.81 bits per heavy atom. The van der Waals surface area contributed by atoms with Gasteiger partial charge in [0, 0.05) is 44.2 Å². The molecule has 0 saturated carbocycles. The second-order valence-corrected chi connectivity index (χ2v) is 8.10. The van der Waals surface area contributed by atoms with Gasteiger partial charge in [-0.3, -0.25) is 0 Å². The summed E-state index contributed by atoms with van der Waals surface area (Å²) in [5.74, 6) is 5.06. The summed E-state index contributed by atoms with van der Waals surface area (Å²) in [6.45, 7) is 5.65. The molecule has 0 fully saturated rings. The van der Waals surface area contributed by atoms with E-state index in [2.05, 4.69) is 44.1 Å². The maximum Gasteiger partial charge on any atom is 0.166 e. The third-order valence-corrected chi connectivity index (χ3v) is 5.22. The van der Waals surface area contributed by atoms with E-state index in [1.165, 1.54) is 0 Å². The highest BCUT2D eigenvalue weighted by Gasteiger charge is 2.04. The SMILES string of the molecule is CCc1nccn1CCCNC(=S)NCCSCc1ccc(CN(C)C)o1. The zero-order chi connectivity index (χ0) is 19.5. The smallest absolute Gasteiger partial charge is 0.166 e. The molecule has 0 atom stereocenters. The van der Waals surface area contributed by atoms with Crippen LogP contribution in [0.15, 0.2) is 28.9 Å². The number of rotatable bonds is 12. The van der Waals surface area contributed by atoms with Gasteiger partial charge in [0.25, 0.3) is 0 Å². The van der Waals surface area contributed by atoms with Gasteiger partial charge in [-0.25, -0.2) is 4.98 Å². The molecular formula is C19H31N5OS2. The Morgan fingerprint density at radius 2 is 2.04 bits per heavy atom. The zero-order valence-electron chi connectivity index (χ0n) is 16.5. The number of thioether (sulfide) groups is 1. The van der Waals surface area contributed by atoms with Crippen molar-refractivity contribution < 1.29 is 4.42 Å². The van der Waals surface area contributed by atoms with E-state index >= 15 is 0 Å². The number of thiocarbonyl (C=S) groups is 1. The van der Waals surface area contributed by atoms with Crippen molar-refractivity contribution in [1.82, 2.24) is 25.1 Å². The Kier molecular flexibility index (Phi) is 9.72. The summed E-state index contributed by atoms with van der Waals surface area (Å²) < 4.78 is 8.01. The first-order valence-electron chi connectivity index (χ1n) is 9.40. The second kappa shape index (κ2) is 12.0. The van der Waals surface area contributed by atoms with Crippen molar-refractivity contribution in [2.24, 2.45) is 0 Å². The molecule has 0 aliphatic rings. The monoisotopic (exact) mass is 409 g/mol. The van der Waals surface area contributed by atoms with Gasteiger partial charge in [-0.1, -0.05) is 6.92 Å². The average Bonchev–Trinajstić information content (AvgIpc) is 3.27. The van der Waals surface area contributed by atoms with Gasteiger partial charge >= 0.3 is 0 Å². The van der Waals surface area contributed by atoms with Crippen LogP contribution in [0, 0.1) is 0 Å².